The molecule has 3 rings (SSSR count). The molecular weight excluding hydrogens is 370 g/mol. The van der Waals surface area contributed by atoms with Crippen LogP contribution in [0.5, 0.6) is 11.5 Å². The molecule has 4 heteroatoms. The largest absolute Gasteiger partial charge is 0.457 e. The van der Waals surface area contributed by atoms with Crippen LogP contribution >= 0.6 is 0 Å². The van der Waals surface area contributed by atoms with Gasteiger partial charge in [-0.3, -0.25) is 4.68 Å². The Bertz CT molecular complexity index is 882. The molecule has 1 unspecified atom stereocenters. The van der Waals surface area contributed by atoms with Gasteiger partial charge in [0.05, 0.1) is 29.7 Å². The lowest BCUT2D eigenvalue weighted by molar-refractivity contribution is 0.416. The number of nitrogens with one attached hydrogen (secondary N) is 1. The Morgan fingerprint density at radius 2 is 1.57 bits per heavy atom. The summed E-state index contributed by atoms with van der Waals surface area (Å²) in [5.41, 5.74) is 3.73. The molecule has 0 spiro atoms. The summed E-state index contributed by atoms with van der Waals surface area (Å²) in [5, 5.41) is 8.52. The lowest BCUT2D eigenvalue weighted by atomic mass is 10.0. The molecule has 1 aromatic heterocycles. The van der Waals surface area contributed by atoms with E-state index in [9.17, 15) is 0 Å². The van der Waals surface area contributed by atoms with Crippen LogP contribution in [0.3, 0.4) is 0 Å². The van der Waals surface area contributed by atoms with Crippen LogP contribution in [-0.4, -0.2) is 9.78 Å². The van der Waals surface area contributed by atoms with E-state index in [0.717, 1.165) is 49.3 Å². The molecule has 0 saturated carbocycles. The summed E-state index contributed by atoms with van der Waals surface area (Å²) in [7, 11) is 0. The second kappa shape index (κ2) is 10.9. The van der Waals surface area contributed by atoms with Crippen molar-refractivity contribution in [1.29, 1.82) is 0 Å². The van der Waals surface area contributed by atoms with Crippen LogP contribution in [0.25, 0.3) is 0 Å². The summed E-state index contributed by atoms with van der Waals surface area (Å²) < 4.78 is 8.17. The molecule has 2 aromatic carbocycles. The fourth-order valence-corrected chi connectivity index (χ4v) is 4.00. The van der Waals surface area contributed by atoms with Gasteiger partial charge in [-0.1, -0.05) is 64.4 Å². The Kier molecular flexibility index (Phi) is 7.95. The number of hydrogen-bond donors (Lipinski definition) is 1. The minimum atomic E-state index is 0.255. The lowest BCUT2D eigenvalue weighted by Crippen LogP contribution is -2.14. The molecule has 1 N–H and O–H groups in total. The Labute approximate surface area is 181 Å². The van der Waals surface area contributed by atoms with Crippen molar-refractivity contribution in [2.45, 2.75) is 71.9 Å². The number of rotatable bonds is 11. The number of hydrogen-bond acceptors (Lipinski definition) is 3. The van der Waals surface area contributed by atoms with E-state index in [-0.39, 0.29) is 6.04 Å². The number of para-hydroxylation sites is 1. The normalized spacial score (nSPS) is 12.2. The fourth-order valence-electron chi connectivity index (χ4n) is 4.00. The molecule has 0 bridgehead atoms. The van der Waals surface area contributed by atoms with Crippen LogP contribution in [0, 0.1) is 0 Å². The van der Waals surface area contributed by atoms with Gasteiger partial charge in [-0.05, 0) is 55.5 Å². The van der Waals surface area contributed by atoms with Crippen molar-refractivity contribution in [3.8, 4) is 11.5 Å². The van der Waals surface area contributed by atoms with Crippen molar-refractivity contribution in [3.05, 3.63) is 72.1 Å². The molecule has 4 nitrogen and oxygen atoms in total. The number of nitrogens with zero attached hydrogens (tertiary/aromatic N) is 2. The van der Waals surface area contributed by atoms with Gasteiger partial charge < -0.3 is 10.1 Å². The van der Waals surface area contributed by atoms with Crippen LogP contribution in [0.2, 0.25) is 0 Å². The molecule has 1 atom stereocenters. The first kappa shape index (κ1) is 21.9. The van der Waals surface area contributed by atoms with Crippen molar-refractivity contribution in [2.75, 3.05) is 5.32 Å². The van der Waals surface area contributed by atoms with Gasteiger partial charge in [-0.25, -0.2) is 0 Å². The van der Waals surface area contributed by atoms with E-state index < -0.39 is 0 Å². The van der Waals surface area contributed by atoms with E-state index in [2.05, 4.69) is 62.0 Å². The number of aromatic nitrogens is 2. The summed E-state index contributed by atoms with van der Waals surface area (Å²) in [6.07, 6.45) is 7.37. The average molecular weight is 406 g/mol. The van der Waals surface area contributed by atoms with E-state index in [0.29, 0.717) is 6.04 Å². The third-order valence-corrected chi connectivity index (χ3v) is 5.69. The Balaban J connectivity index is 1.78. The van der Waals surface area contributed by atoms with Crippen molar-refractivity contribution >= 4 is 5.69 Å². The van der Waals surface area contributed by atoms with Crippen molar-refractivity contribution < 1.29 is 4.74 Å². The van der Waals surface area contributed by atoms with Crippen molar-refractivity contribution in [1.82, 2.24) is 9.78 Å². The Hall–Kier alpha value is -2.75. The van der Waals surface area contributed by atoms with Gasteiger partial charge in [-0.2, -0.15) is 5.10 Å². The third kappa shape index (κ3) is 5.24. The molecule has 0 amide bonds. The predicted molar refractivity (Wildman–Crippen MR) is 125 cm³/mol. The second-order valence-electron chi connectivity index (χ2n) is 7.74. The first-order valence-electron chi connectivity index (χ1n) is 11.4. The van der Waals surface area contributed by atoms with E-state index in [1.807, 2.05) is 36.5 Å². The quantitative estimate of drug-likeness (QED) is 0.358. The van der Waals surface area contributed by atoms with Gasteiger partial charge >= 0.3 is 0 Å². The SMILES string of the molecule is CCCC(Nc1cnn(C(CC)CC)c1CC)c1ccc(Oc2ccccc2)cc1. The standard InChI is InChI=1S/C26H35N3O/c1-5-12-24(28-25-19-27-29(26(25)8-4)21(6-2)7-3)20-15-17-23(18-16-20)30-22-13-10-9-11-14-22/h9-11,13-19,21,24,28H,5-8,12H2,1-4H3. The minimum absolute atomic E-state index is 0.255. The molecule has 0 aliphatic carbocycles. The summed E-state index contributed by atoms with van der Waals surface area (Å²) in [6.45, 7) is 8.92. The van der Waals surface area contributed by atoms with Crippen LogP contribution < -0.4 is 10.1 Å². The van der Waals surface area contributed by atoms with Crippen molar-refractivity contribution in [3.63, 3.8) is 0 Å². The smallest absolute Gasteiger partial charge is 0.127 e. The summed E-state index contributed by atoms with van der Waals surface area (Å²) in [6, 6.07) is 19.1. The zero-order valence-corrected chi connectivity index (χ0v) is 18.8. The number of ether oxygens (including phenoxy) is 1. The molecule has 1 heterocycles. The first-order chi connectivity index (χ1) is 14.7. The molecule has 160 valence electrons. The van der Waals surface area contributed by atoms with E-state index >= 15 is 0 Å². The average Bonchev–Trinajstić information content (AvgIpc) is 3.18. The van der Waals surface area contributed by atoms with E-state index in [4.69, 9.17) is 9.84 Å². The molecule has 0 aliphatic heterocycles. The number of benzene rings is 2. The van der Waals surface area contributed by atoms with Crippen molar-refractivity contribution in [2.24, 2.45) is 0 Å². The second-order valence-corrected chi connectivity index (χ2v) is 7.74. The maximum atomic E-state index is 5.95. The van der Waals surface area contributed by atoms with Gasteiger partial charge in [0, 0.05) is 0 Å². The minimum Gasteiger partial charge on any atom is -0.457 e. The third-order valence-electron chi connectivity index (χ3n) is 5.69. The van der Waals surface area contributed by atoms with Crippen LogP contribution in [0.15, 0.2) is 60.8 Å². The molecule has 0 saturated heterocycles. The molecule has 0 fully saturated rings. The summed E-state index contributed by atoms with van der Waals surface area (Å²) in [4.78, 5) is 0. The Morgan fingerprint density at radius 3 is 2.17 bits per heavy atom. The van der Waals surface area contributed by atoms with Crippen LogP contribution in [0.1, 0.15) is 76.7 Å². The highest BCUT2D eigenvalue weighted by atomic mass is 16.5. The van der Waals surface area contributed by atoms with Crippen LogP contribution in [-0.2, 0) is 6.42 Å². The zero-order valence-electron chi connectivity index (χ0n) is 18.8. The maximum Gasteiger partial charge on any atom is 0.127 e. The van der Waals surface area contributed by atoms with E-state index in [1.54, 1.807) is 0 Å². The van der Waals surface area contributed by atoms with E-state index in [1.165, 1.54) is 11.3 Å². The highest BCUT2D eigenvalue weighted by Gasteiger charge is 2.18. The lowest BCUT2D eigenvalue weighted by Gasteiger charge is -2.22. The molecule has 0 radical (unpaired) electrons. The Morgan fingerprint density at radius 1 is 0.900 bits per heavy atom. The van der Waals surface area contributed by atoms with Crippen LogP contribution in [0.4, 0.5) is 5.69 Å². The predicted octanol–water partition coefficient (Wildman–Crippen LogP) is 7.55. The monoisotopic (exact) mass is 405 g/mol. The summed E-state index contributed by atoms with van der Waals surface area (Å²) >= 11 is 0. The highest BCUT2D eigenvalue weighted by Crippen LogP contribution is 2.30. The van der Waals surface area contributed by atoms with Gasteiger partial charge in [-0.15, -0.1) is 0 Å². The van der Waals surface area contributed by atoms with Gasteiger partial charge in [0.15, 0.2) is 0 Å². The molecule has 3 aromatic rings. The molecular formula is C26H35N3O. The van der Waals surface area contributed by atoms with Gasteiger partial charge in [0.25, 0.3) is 0 Å². The molecule has 0 aliphatic rings. The fraction of sp³-hybridized carbons (Fsp3) is 0.423. The topological polar surface area (TPSA) is 39.1 Å². The maximum absolute atomic E-state index is 5.95. The highest BCUT2D eigenvalue weighted by molar-refractivity contribution is 5.49. The van der Waals surface area contributed by atoms with Gasteiger partial charge in [0.1, 0.15) is 11.5 Å². The summed E-state index contributed by atoms with van der Waals surface area (Å²) in [5.74, 6) is 1.71. The zero-order chi connectivity index (χ0) is 21.3. The van der Waals surface area contributed by atoms with Gasteiger partial charge in [0.2, 0.25) is 0 Å². The number of anilines is 1. The molecule has 30 heavy (non-hydrogen) atoms. The first-order valence-corrected chi connectivity index (χ1v) is 11.4.